The highest BCUT2D eigenvalue weighted by atomic mass is 32.1. The molecular weight excluding hydrogens is 336 g/mol. The number of likely N-dealkylation sites (N-methyl/N-ethyl adjacent to an activating group) is 1. The molecule has 0 bridgehead atoms. The Hall–Kier alpha value is -2.73. The zero-order valence-corrected chi connectivity index (χ0v) is 14.9. The summed E-state index contributed by atoms with van der Waals surface area (Å²) in [5, 5.41) is 0.671. The number of ether oxygens (including phenoxy) is 1. The zero-order valence-electron chi connectivity index (χ0n) is 14.1. The van der Waals surface area contributed by atoms with Crippen LogP contribution in [0.5, 0.6) is 5.75 Å². The molecule has 0 aliphatic rings. The summed E-state index contributed by atoms with van der Waals surface area (Å²) in [6, 6.07) is 14.6. The van der Waals surface area contributed by atoms with E-state index < -0.39 is 0 Å². The Kier molecular flexibility index (Phi) is 5.09. The Morgan fingerprint density at radius 1 is 1.12 bits per heavy atom. The lowest BCUT2D eigenvalue weighted by Gasteiger charge is -2.17. The molecule has 1 amide bonds. The van der Waals surface area contributed by atoms with E-state index in [0.29, 0.717) is 23.0 Å². The second-order valence-electron chi connectivity index (χ2n) is 5.47. The van der Waals surface area contributed by atoms with Gasteiger partial charge in [-0.25, -0.2) is 4.98 Å². The largest absolute Gasteiger partial charge is 0.484 e. The number of carbonyl (C=O) groups excluding carboxylic acids is 2. The molecule has 0 N–H and O–H groups in total. The summed E-state index contributed by atoms with van der Waals surface area (Å²) in [4.78, 5) is 29.9. The van der Waals surface area contributed by atoms with Gasteiger partial charge in [0.1, 0.15) is 5.75 Å². The number of amides is 1. The van der Waals surface area contributed by atoms with E-state index in [9.17, 15) is 9.59 Å². The highest BCUT2D eigenvalue weighted by Crippen LogP contribution is 2.28. The molecule has 0 unspecified atom stereocenters. The van der Waals surface area contributed by atoms with Crippen LogP contribution in [0.2, 0.25) is 0 Å². The van der Waals surface area contributed by atoms with Crippen molar-refractivity contribution in [1.29, 1.82) is 0 Å². The van der Waals surface area contributed by atoms with Crippen LogP contribution in [0.3, 0.4) is 0 Å². The van der Waals surface area contributed by atoms with E-state index >= 15 is 0 Å². The number of anilines is 1. The first-order chi connectivity index (χ1) is 12.1. The molecule has 0 spiro atoms. The fraction of sp³-hybridized carbons (Fsp3) is 0.211. The van der Waals surface area contributed by atoms with Gasteiger partial charge in [-0.05, 0) is 50.2 Å². The smallest absolute Gasteiger partial charge is 0.266 e. The number of fused-ring (bicyclic) bond motifs is 1. The molecule has 1 heterocycles. The maximum atomic E-state index is 12.5. The van der Waals surface area contributed by atoms with Crippen molar-refractivity contribution in [3.05, 3.63) is 54.1 Å². The summed E-state index contributed by atoms with van der Waals surface area (Å²) in [5.74, 6) is 0.395. The number of nitrogens with zero attached hydrogens (tertiary/aromatic N) is 2. The molecule has 2 aromatic carbocycles. The third kappa shape index (κ3) is 3.85. The maximum Gasteiger partial charge on any atom is 0.266 e. The van der Waals surface area contributed by atoms with Gasteiger partial charge >= 0.3 is 0 Å². The first-order valence-electron chi connectivity index (χ1n) is 7.98. The molecule has 0 saturated carbocycles. The van der Waals surface area contributed by atoms with Crippen LogP contribution in [0.15, 0.2) is 48.5 Å². The summed E-state index contributed by atoms with van der Waals surface area (Å²) in [7, 11) is 0. The monoisotopic (exact) mass is 354 g/mol. The lowest BCUT2D eigenvalue weighted by molar-refractivity contribution is -0.120. The maximum absolute atomic E-state index is 12.5. The Morgan fingerprint density at radius 2 is 1.84 bits per heavy atom. The number of hydrogen-bond donors (Lipinski definition) is 0. The third-order valence-corrected chi connectivity index (χ3v) is 4.81. The fourth-order valence-corrected chi connectivity index (χ4v) is 3.45. The highest BCUT2D eigenvalue weighted by Gasteiger charge is 2.18. The van der Waals surface area contributed by atoms with Gasteiger partial charge in [-0.3, -0.25) is 14.5 Å². The van der Waals surface area contributed by atoms with Crippen molar-refractivity contribution >= 4 is 38.4 Å². The fourth-order valence-electron chi connectivity index (χ4n) is 2.40. The van der Waals surface area contributed by atoms with Crippen molar-refractivity contribution in [3.63, 3.8) is 0 Å². The number of rotatable bonds is 6. The molecule has 3 aromatic rings. The minimum absolute atomic E-state index is 0.00406. The summed E-state index contributed by atoms with van der Waals surface area (Å²) in [5.41, 5.74) is 1.50. The highest BCUT2D eigenvalue weighted by molar-refractivity contribution is 7.22. The predicted octanol–water partition coefficient (Wildman–Crippen LogP) is 3.93. The van der Waals surface area contributed by atoms with Gasteiger partial charge in [-0.15, -0.1) is 0 Å². The molecule has 6 heteroatoms. The van der Waals surface area contributed by atoms with Gasteiger partial charge in [-0.1, -0.05) is 23.5 Å². The Labute approximate surface area is 149 Å². The SMILES string of the molecule is CCN(C(=O)COc1ccc(C(C)=O)cc1)c1nc2ccccc2s1. The minimum Gasteiger partial charge on any atom is -0.484 e. The number of carbonyl (C=O) groups is 2. The molecule has 0 saturated heterocycles. The number of para-hydroxylation sites is 1. The van der Waals surface area contributed by atoms with Gasteiger partial charge in [0.2, 0.25) is 0 Å². The number of thiazole rings is 1. The molecule has 128 valence electrons. The van der Waals surface area contributed by atoms with Gasteiger partial charge in [0.25, 0.3) is 5.91 Å². The molecule has 3 rings (SSSR count). The van der Waals surface area contributed by atoms with Crippen LogP contribution in [0.25, 0.3) is 10.2 Å². The summed E-state index contributed by atoms with van der Waals surface area (Å²) < 4.78 is 6.60. The molecule has 0 fully saturated rings. The molecule has 1 aromatic heterocycles. The van der Waals surface area contributed by atoms with Crippen LogP contribution in [0.1, 0.15) is 24.2 Å². The number of aromatic nitrogens is 1. The zero-order chi connectivity index (χ0) is 17.8. The van der Waals surface area contributed by atoms with Crippen molar-refractivity contribution in [2.75, 3.05) is 18.1 Å². The normalized spacial score (nSPS) is 10.6. The number of ketones is 1. The average molecular weight is 354 g/mol. The van der Waals surface area contributed by atoms with E-state index in [0.717, 1.165) is 10.2 Å². The standard InChI is InChI=1S/C19H18N2O3S/c1-3-21(19-20-16-6-4-5-7-17(16)25-19)18(23)12-24-15-10-8-14(9-11-15)13(2)22/h4-11H,3,12H2,1-2H3. The van der Waals surface area contributed by atoms with E-state index in [-0.39, 0.29) is 18.3 Å². The number of Topliss-reactive ketones (excluding diaryl/α,β-unsaturated/α-hetero) is 1. The molecule has 25 heavy (non-hydrogen) atoms. The first kappa shape index (κ1) is 17.1. The second kappa shape index (κ2) is 7.44. The van der Waals surface area contributed by atoms with Crippen LogP contribution in [-0.4, -0.2) is 29.8 Å². The van der Waals surface area contributed by atoms with Crippen LogP contribution < -0.4 is 9.64 Å². The summed E-state index contributed by atoms with van der Waals surface area (Å²) >= 11 is 1.49. The number of benzene rings is 2. The van der Waals surface area contributed by atoms with Crippen LogP contribution in [0.4, 0.5) is 5.13 Å². The Balaban J connectivity index is 1.68. The average Bonchev–Trinajstić information content (AvgIpc) is 3.04. The Morgan fingerprint density at radius 3 is 2.48 bits per heavy atom. The van der Waals surface area contributed by atoms with E-state index in [1.165, 1.54) is 18.3 Å². The van der Waals surface area contributed by atoms with Gasteiger partial charge in [0.05, 0.1) is 10.2 Å². The lowest BCUT2D eigenvalue weighted by Crippen LogP contribution is -2.34. The third-order valence-electron chi connectivity index (χ3n) is 3.75. The second-order valence-corrected chi connectivity index (χ2v) is 6.48. The molecule has 0 radical (unpaired) electrons. The molecule has 5 nitrogen and oxygen atoms in total. The number of hydrogen-bond acceptors (Lipinski definition) is 5. The van der Waals surface area contributed by atoms with Crippen LogP contribution in [-0.2, 0) is 4.79 Å². The van der Waals surface area contributed by atoms with E-state index in [2.05, 4.69) is 4.98 Å². The Bertz CT molecular complexity index is 869. The lowest BCUT2D eigenvalue weighted by atomic mass is 10.1. The quantitative estimate of drug-likeness (QED) is 0.629. The molecule has 0 aliphatic heterocycles. The van der Waals surface area contributed by atoms with Gasteiger partial charge in [-0.2, -0.15) is 0 Å². The molecular formula is C19H18N2O3S. The predicted molar refractivity (Wildman–Crippen MR) is 99.6 cm³/mol. The summed E-state index contributed by atoms with van der Waals surface area (Å²) in [6.07, 6.45) is 0. The van der Waals surface area contributed by atoms with Crippen molar-refractivity contribution in [2.24, 2.45) is 0 Å². The minimum atomic E-state index is -0.155. The van der Waals surface area contributed by atoms with Crippen molar-refractivity contribution in [1.82, 2.24) is 4.98 Å². The van der Waals surface area contributed by atoms with Crippen molar-refractivity contribution in [3.8, 4) is 5.75 Å². The van der Waals surface area contributed by atoms with Crippen LogP contribution >= 0.6 is 11.3 Å². The van der Waals surface area contributed by atoms with E-state index in [1.54, 1.807) is 29.2 Å². The van der Waals surface area contributed by atoms with E-state index in [4.69, 9.17) is 4.74 Å². The van der Waals surface area contributed by atoms with Crippen LogP contribution in [0, 0.1) is 0 Å². The van der Waals surface area contributed by atoms with Crippen molar-refractivity contribution < 1.29 is 14.3 Å². The molecule has 0 atom stereocenters. The molecule has 0 aliphatic carbocycles. The van der Waals surface area contributed by atoms with Gasteiger partial charge in [0, 0.05) is 12.1 Å². The topological polar surface area (TPSA) is 59.5 Å². The van der Waals surface area contributed by atoms with Gasteiger partial charge in [0.15, 0.2) is 17.5 Å². The van der Waals surface area contributed by atoms with Crippen molar-refractivity contribution in [2.45, 2.75) is 13.8 Å². The van der Waals surface area contributed by atoms with E-state index in [1.807, 2.05) is 31.2 Å². The first-order valence-corrected chi connectivity index (χ1v) is 8.80. The van der Waals surface area contributed by atoms with Gasteiger partial charge < -0.3 is 4.74 Å². The summed E-state index contributed by atoms with van der Waals surface area (Å²) in [6.45, 7) is 3.86.